The van der Waals surface area contributed by atoms with Gasteiger partial charge in [0.2, 0.25) is 0 Å². The zero-order valence-electron chi connectivity index (χ0n) is 9.69. The molecule has 0 aliphatic carbocycles. The van der Waals surface area contributed by atoms with Crippen molar-refractivity contribution < 1.29 is 4.79 Å². The topological polar surface area (TPSA) is 29.1 Å². The predicted molar refractivity (Wildman–Crippen MR) is 73.5 cm³/mol. The van der Waals surface area contributed by atoms with Gasteiger partial charge in [-0.15, -0.1) is 11.3 Å². The van der Waals surface area contributed by atoms with Gasteiger partial charge in [0.15, 0.2) is 5.78 Å². The molecule has 0 spiro atoms. The number of thiophene rings is 1. The van der Waals surface area contributed by atoms with Gasteiger partial charge in [-0.05, 0) is 25.5 Å². The third-order valence-corrected chi connectivity index (χ3v) is 5.19. The smallest absolute Gasteiger partial charge is 0.180 e. The van der Waals surface area contributed by atoms with Crippen LogP contribution in [0.5, 0.6) is 0 Å². The van der Waals surface area contributed by atoms with Crippen molar-refractivity contribution in [3.8, 4) is 0 Å². The summed E-state index contributed by atoms with van der Waals surface area (Å²) in [5.74, 6) is 0.197. The lowest BCUT2D eigenvalue weighted by Crippen LogP contribution is -2.33. The van der Waals surface area contributed by atoms with E-state index in [4.69, 9.17) is 23.2 Å². The molecule has 1 aliphatic rings. The average molecular weight is 292 g/mol. The minimum atomic E-state index is -0.244. The van der Waals surface area contributed by atoms with Crippen molar-refractivity contribution in [2.75, 3.05) is 13.1 Å². The van der Waals surface area contributed by atoms with E-state index in [2.05, 4.69) is 12.2 Å². The van der Waals surface area contributed by atoms with Gasteiger partial charge in [-0.1, -0.05) is 36.5 Å². The first kappa shape index (κ1) is 13.3. The maximum absolute atomic E-state index is 12.6. The summed E-state index contributed by atoms with van der Waals surface area (Å²) in [5, 5.41) is 3.77. The fraction of sp³-hybridized carbons (Fsp3) is 0.583. The molecule has 1 aromatic heterocycles. The summed E-state index contributed by atoms with van der Waals surface area (Å²) >= 11 is 13.1. The van der Waals surface area contributed by atoms with E-state index in [9.17, 15) is 4.79 Å². The lowest BCUT2D eigenvalue weighted by molar-refractivity contribution is 0.0806. The van der Waals surface area contributed by atoms with Crippen LogP contribution in [0.15, 0.2) is 6.07 Å². The van der Waals surface area contributed by atoms with Crippen LogP contribution in [-0.4, -0.2) is 18.9 Å². The van der Waals surface area contributed by atoms with Gasteiger partial charge >= 0.3 is 0 Å². The Morgan fingerprint density at radius 2 is 2.35 bits per heavy atom. The Morgan fingerprint density at radius 1 is 1.59 bits per heavy atom. The van der Waals surface area contributed by atoms with E-state index in [1.807, 2.05) is 0 Å². The Kier molecular flexibility index (Phi) is 4.14. The molecular weight excluding hydrogens is 277 g/mol. The lowest BCUT2D eigenvalue weighted by atomic mass is 9.78. The third-order valence-electron chi connectivity index (χ3n) is 3.32. The van der Waals surface area contributed by atoms with Crippen molar-refractivity contribution in [3.63, 3.8) is 0 Å². The van der Waals surface area contributed by atoms with Crippen molar-refractivity contribution in [3.05, 3.63) is 20.3 Å². The first-order chi connectivity index (χ1) is 8.09. The van der Waals surface area contributed by atoms with Crippen LogP contribution in [0.4, 0.5) is 0 Å². The Labute approximate surface area is 115 Å². The van der Waals surface area contributed by atoms with Crippen LogP contribution in [0.3, 0.4) is 0 Å². The monoisotopic (exact) mass is 291 g/mol. The Bertz CT molecular complexity index is 405. The first-order valence-corrected chi connectivity index (χ1v) is 7.36. The molecule has 2 heterocycles. The molecule has 0 unspecified atom stereocenters. The fourth-order valence-electron chi connectivity index (χ4n) is 2.46. The minimum Gasteiger partial charge on any atom is -0.316 e. The van der Waals surface area contributed by atoms with Crippen LogP contribution in [0.25, 0.3) is 0 Å². The summed E-state index contributed by atoms with van der Waals surface area (Å²) in [4.78, 5) is 13.3. The molecule has 0 saturated carbocycles. The number of carbonyl (C=O) groups is 1. The molecule has 1 atom stereocenters. The highest BCUT2D eigenvalue weighted by Gasteiger charge is 2.41. The molecule has 17 heavy (non-hydrogen) atoms. The second-order valence-corrected chi connectivity index (χ2v) is 6.58. The predicted octanol–water partition coefficient (Wildman–Crippen LogP) is 4.02. The molecule has 0 bridgehead atoms. The molecule has 1 aromatic rings. The molecule has 0 aromatic carbocycles. The summed E-state index contributed by atoms with van der Waals surface area (Å²) in [6, 6.07) is 1.70. The number of ketones is 1. The molecule has 1 fully saturated rings. The van der Waals surface area contributed by atoms with E-state index in [0.29, 0.717) is 14.2 Å². The van der Waals surface area contributed by atoms with E-state index in [0.717, 1.165) is 32.4 Å². The van der Waals surface area contributed by atoms with Crippen molar-refractivity contribution in [1.29, 1.82) is 0 Å². The van der Waals surface area contributed by atoms with Gasteiger partial charge in [-0.2, -0.15) is 0 Å². The Morgan fingerprint density at radius 3 is 2.82 bits per heavy atom. The lowest BCUT2D eigenvalue weighted by Gasteiger charge is -2.25. The summed E-state index contributed by atoms with van der Waals surface area (Å²) < 4.78 is 0.507. The second-order valence-electron chi connectivity index (χ2n) is 4.52. The molecule has 2 nitrogen and oxygen atoms in total. The van der Waals surface area contributed by atoms with Crippen LogP contribution in [0, 0.1) is 5.41 Å². The van der Waals surface area contributed by atoms with Gasteiger partial charge in [0.1, 0.15) is 4.34 Å². The SMILES string of the molecule is CCC[C@]1(C(=O)c2cc(Cl)c(Cl)s2)CCNC1. The number of hydrogen-bond donors (Lipinski definition) is 1. The summed E-state index contributed by atoms with van der Waals surface area (Å²) in [6.45, 7) is 3.80. The van der Waals surface area contributed by atoms with Crippen LogP contribution >= 0.6 is 34.5 Å². The van der Waals surface area contributed by atoms with Gasteiger partial charge in [0.05, 0.1) is 9.90 Å². The molecule has 0 radical (unpaired) electrons. The molecule has 5 heteroatoms. The van der Waals surface area contributed by atoms with Crippen LogP contribution in [0.2, 0.25) is 9.36 Å². The van der Waals surface area contributed by atoms with Crippen LogP contribution in [-0.2, 0) is 0 Å². The van der Waals surface area contributed by atoms with E-state index in [1.54, 1.807) is 6.07 Å². The number of carbonyl (C=O) groups excluding carboxylic acids is 1. The summed E-state index contributed by atoms with van der Waals surface area (Å²) in [6.07, 6.45) is 2.85. The quantitative estimate of drug-likeness (QED) is 0.849. The number of rotatable bonds is 4. The summed E-state index contributed by atoms with van der Waals surface area (Å²) in [5.41, 5.74) is -0.244. The summed E-state index contributed by atoms with van der Waals surface area (Å²) in [7, 11) is 0. The molecule has 94 valence electrons. The number of Topliss-reactive ketones (excluding diaryl/α,β-unsaturated/α-hetero) is 1. The van der Waals surface area contributed by atoms with Crippen LogP contribution < -0.4 is 5.32 Å². The van der Waals surface area contributed by atoms with Gasteiger partial charge < -0.3 is 5.32 Å². The second kappa shape index (κ2) is 5.27. The molecule has 0 amide bonds. The van der Waals surface area contributed by atoms with Crippen molar-refractivity contribution in [1.82, 2.24) is 5.32 Å². The maximum Gasteiger partial charge on any atom is 0.180 e. The van der Waals surface area contributed by atoms with E-state index in [1.165, 1.54) is 11.3 Å². The highest BCUT2D eigenvalue weighted by Crippen LogP contribution is 2.39. The van der Waals surface area contributed by atoms with Crippen molar-refractivity contribution >= 4 is 40.3 Å². The average Bonchev–Trinajstić information content (AvgIpc) is 2.88. The molecule has 2 rings (SSSR count). The Balaban J connectivity index is 2.28. The Hall–Kier alpha value is -0.0900. The van der Waals surface area contributed by atoms with E-state index >= 15 is 0 Å². The number of nitrogens with one attached hydrogen (secondary N) is 1. The van der Waals surface area contributed by atoms with Crippen molar-refractivity contribution in [2.24, 2.45) is 5.41 Å². The van der Waals surface area contributed by atoms with Gasteiger partial charge in [-0.3, -0.25) is 4.79 Å². The van der Waals surface area contributed by atoms with Crippen molar-refractivity contribution in [2.45, 2.75) is 26.2 Å². The third kappa shape index (κ3) is 2.53. The van der Waals surface area contributed by atoms with E-state index in [-0.39, 0.29) is 11.2 Å². The highest BCUT2D eigenvalue weighted by atomic mass is 35.5. The fourth-order valence-corrected chi connectivity index (χ4v) is 3.89. The highest BCUT2D eigenvalue weighted by molar-refractivity contribution is 7.18. The molecular formula is C12H15Cl2NOS. The standard InChI is InChI=1S/C12H15Cl2NOS/c1-2-3-12(4-5-15-7-12)10(16)9-6-8(13)11(14)17-9/h6,15H,2-5,7H2,1H3/t12-/m0/s1. The largest absolute Gasteiger partial charge is 0.316 e. The van der Waals surface area contributed by atoms with E-state index < -0.39 is 0 Å². The number of halogens is 2. The maximum atomic E-state index is 12.6. The van der Waals surface area contributed by atoms with Gasteiger partial charge in [0.25, 0.3) is 0 Å². The normalized spacial score (nSPS) is 24.2. The molecule has 1 aliphatic heterocycles. The van der Waals surface area contributed by atoms with Gasteiger partial charge in [0, 0.05) is 12.0 Å². The molecule has 1 saturated heterocycles. The zero-order chi connectivity index (χ0) is 12.5. The first-order valence-electron chi connectivity index (χ1n) is 5.79. The van der Waals surface area contributed by atoms with Gasteiger partial charge in [-0.25, -0.2) is 0 Å². The van der Waals surface area contributed by atoms with Crippen LogP contribution in [0.1, 0.15) is 35.9 Å². The minimum absolute atomic E-state index is 0.197. The molecule has 1 N–H and O–H groups in total. The zero-order valence-corrected chi connectivity index (χ0v) is 12.0. The number of hydrogen-bond acceptors (Lipinski definition) is 3.